The first-order valence-corrected chi connectivity index (χ1v) is 8.78. The Balaban J connectivity index is 1.80. The van der Waals surface area contributed by atoms with E-state index in [9.17, 15) is 4.79 Å². The molecule has 0 spiro atoms. The Morgan fingerprint density at radius 3 is 2.89 bits per heavy atom. The van der Waals surface area contributed by atoms with Crippen molar-refractivity contribution >= 4 is 22.5 Å². The van der Waals surface area contributed by atoms with Crippen molar-refractivity contribution in [2.45, 2.75) is 12.8 Å². The molecule has 3 aromatic heterocycles. The smallest absolute Gasteiger partial charge is 0.253 e. The molecule has 0 aliphatic heterocycles. The second-order valence-electron chi connectivity index (χ2n) is 6.60. The number of H-pyrrole nitrogens is 2. The number of nitrogens with one attached hydrogen (secondary N) is 2. The largest absolute Gasteiger partial charge is 0.345 e. The van der Waals surface area contributed by atoms with Crippen molar-refractivity contribution in [2.75, 3.05) is 14.1 Å². The highest BCUT2D eigenvalue weighted by Crippen LogP contribution is 2.28. The van der Waals surface area contributed by atoms with E-state index in [2.05, 4.69) is 31.5 Å². The SMILES string of the molecule is CN(C)C(=O)C1=C/C(c2cnc3n[nH]c(-c4ccn[nH]4)c3c2)=C\CC/C=C\1. The first-order chi connectivity index (χ1) is 13.1. The van der Waals surface area contributed by atoms with E-state index < -0.39 is 0 Å². The summed E-state index contributed by atoms with van der Waals surface area (Å²) in [6.07, 6.45) is 13.3. The maximum Gasteiger partial charge on any atom is 0.253 e. The molecule has 1 amide bonds. The Morgan fingerprint density at radius 2 is 2.11 bits per heavy atom. The van der Waals surface area contributed by atoms with Gasteiger partial charge in [0.1, 0.15) is 0 Å². The number of rotatable bonds is 3. The van der Waals surface area contributed by atoms with Crippen molar-refractivity contribution in [1.82, 2.24) is 30.3 Å². The van der Waals surface area contributed by atoms with Crippen LogP contribution in [0.15, 0.2) is 54.4 Å². The number of aromatic nitrogens is 5. The number of pyridine rings is 1. The fourth-order valence-electron chi connectivity index (χ4n) is 3.07. The summed E-state index contributed by atoms with van der Waals surface area (Å²) in [6, 6.07) is 3.93. The van der Waals surface area contributed by atoms with Crippen molar-refractivity contribution in [1.29, 1.82) is 0 Å². The molecule has 7 nitrogen and oxygen atoms in total. The molecule has 0 bridgehead atoms. The molecular weight excluding hydrogens is 340 g/mol. The van der Waals surface area contributed by atoms with Gasteiger partial charge in [-0.15, -0.1) is 0 Å². The van der Waals surface area contributed by atoms with Gasteiger partial charge in [-0.05, 0) is 36.6 Å². The molecular formula is C20H20N6O. The van der Waals surface area contributed by atoms with Crippen LogP contribution in [0.1, 0.15) is 18.4 Å². The van der Waals surface area contributed by atoms with E-state index >= 15 is 0 Å². The Bertz CT molecular complexity index is 1070. The van der Waals surface area contributed by atoms with Crippen LogP contribution in [0, 0.1) is 0 Å². The molecule has 27 heavy (non-hydrogen) atoms. The lowest BCUT2D eigenvalue weighted by Crippen LogP contribution is -2.23. The van der Waals surface area contributed by atoms with Gasteiger partial charge < -0.3 is 4.90 Å². The topological polar surface area (TPSA) is 90.6 Å². The summed E-state index contributed by atoms with van der Waals surface area (Å²) in [4.78, 5) is 18.5. The predicted molar refractivity (Wildman–Crippen MR) is 105 cm³/mol. The molecule has 136 valence electrons. The van der Waals surface area contributed by atoms with Gasteiger partial charge in [-0.25, -0.2) is 4.98 Å². The maximum atomic E-state index is 12.5. The Hall–Kier alpha value is -3.48. The van der Waals surface area contributed by atoms with Crippen molar-refractivity contribution in [3.05, 3.63) is 60.0 Å². The zero-order valence-corrected chi connectivity index (χ0v) is 15.2. The fourth-order valence-corrected chi connectivity index (χ4v) is 3.07. The van der Waals surface area contributed by atoms with Gasteiger partial charge in [-0.2, -0.15) is 10.2 Å². The van der Waals surface area contributed by atoms with Crippen molar-refractivity contribution in [3.8, 4) is 11.4 Å². The van der Waals surface area contributed by atoms with Gasteiger partial charge in [0.25, 0.3) is 5.91 Å². The Kier molecular flexibility index (Phi) is 4.42. The maximum absolute atomic E-state index is 12.5. The summed E-state index contributed by atoms with van der Waals surface area (Å²) in [5.41, 5.74) is 4.93. The predicted octanol–water partition coefficient (Wildman–Crippen LogP) is 3.10. The van der Waals surface area contributed by atoms with E-state index in [4.69, 9.17) is 0 Å². The van der Waals surface area contributed by atoms with Crippen LogP contribution in [-0.2, 0) is 4.79 Å². The van der Waals surface area contributed by atoms with Gasteiger partial charge in [0.15, 0.2) is 5.65 Å². The molecule has 0 aromatic carbocycles. The number of allylic oxidation sites excluding steroid dienone is 4. The van der Waals surface area contributed by atoms with Crippen LogP contribution in [0.3, 0.4) is 0 Å². The average molecular weight is 360 g/mol. The van der Waals surface area contributed by atoms with Crippen LogP contribution in [0.25, 0.3) is 28.0 Å². The van der Waals surface area contributed by atoms with E-state index in [-0.39, 0.29) is 5.91 Å². The first kappa shape index (κ1) is 17.0. The van der Waals surface area contributed by atoms with E-state index in [1.165, 1.54) is 0 Å². The highest BCUT2D eigenvalue weighted by molar-refractivity contribution is 5.99. The quantitative estimate of drug-likeness (QED) is 0.751. The first-order valence-electron chi connectivity index (χ1n) is 8.78. The molecule has 3 aromatic rings. The molecule has 0 saturated heterocycles. The highest BCUT2D eigenvalue weighted by atomic mass is 16.2. The second-order valence-corrected chi connectivity index (χ2v) is 6.60. The van der Waals surface area contributed by atoms with Gasteiger partial charge >= 0.3 is 0 Å². The summed E-state index contributed by atoms with van der Waals surface area (Å²) < 4.78 is 0. The average Bonchev–Trinajstić information content (AvgIpc) is 3.29. The Morgan fingerprint density at radius 1 is 1.22 bits per heavy atom. The van der Waals surface area contributed by atoms with Gasteiger partial charge in [0, 0.05) is 43.0 Å². The van der Waals surface area contributed by atoms with Crippen molar-refractivity contribution < 1.29 is 4.79 Å². The molecule has 1 aliphatic carbocycles. The third kappa shape index (κ3) is 3.31. The van der Waals surface area contributed by atoms with Crippen molar-refractivity contribution in [2.24, 2.45) is 0 Å². The molecule has 7 heteroatoms. The normalized spacial score (nSPS) is 19.5. The lowest BCUT2D eigenvalue weighted by atomic mass is 9.98. The summed E-state index contributed by atoms with van der Waals surface area (Å²) >= 11 is 0. The standard InChI is InChI=1S/C20H20N6O/c1-26(2)20(27)14-7-5-3-4-6-13(10-14)15-11-16-18(17-8-9-22-23-17)24-25-19(16)21-12-15/h5-12H,3-4H2,1-2H3,(H,22,23)(H,21,24,25)/b7-5-,13-6+,14-10+. The van der Waals surface area contributed by atoms with Crippen LogP contribution in [0.4, 0.5) is 0 Å². The highest BCUT2D eigenvalue weighted by Gasteiger charge is 2.14. The minimum atomic E-state index is -0.0189. The van der Waals surface area contributed by atoms with E-state index in [0.29, 0.717) is 11.2 Å². The molecule has 2 N–H and O–H groups in total. The number of hydrogen-bond donors (Lipinski definition) is 2. The summed E-state index contributed by atoms with van der Waals surface area (Å²) in [5.74, 6) is -0.0189. The molecule has 0 fully saturated rings. The van der Waals surface area contributed by atoms with E-state index in [1.54, 1.807) is 31.4 Å². The molecule has 0 atom stereocenters. The number of hydrogen-bond acceptors (Lipinski definition) is 4. The minimum absolute atomic E-state index is 0.0189. The van der Waals surface area contributed by atoms with Crippen LogP contribution in [0.2, 0.25) is 0 Å². The Labute approximate surface area is 156 Å². The monoisotopic (exact) mass is 360 g/mol. The van der Waals surface area contributed by atoms with Gasteiger partial charge in [0.2, 0.25) is 0 Å². The fraction of sp³-hybridized carbons (Fsp3) is 0.200. The number of aromatic amines is 2. The zero-order valence-electron chi connectivity index (χ0n) is 15.2. The number of carbonyl (C=O) groups excluding carboxylic acids is 1. The van der Waals surface area contributed by atoms with Crippen LogP contribution in [0.5, 0.6) is 0 Å². The van der Waals surface area contributed by atoms with E-state index in [0.717, 1.165) is 40.8 Å². The number of nitrogens with zero attached hydrogens (tertiary/aromatic N) is 4. The van der Waals surface area contributed by atoms with Gasteiger partial charge in [-0.1, -0.05) is 18.2 Å². The summed E-state index contributed by atoms with van der Waals surface area (Å²) in [6.45, 7) is 0. The number of carbonyl (C=O) groups is 1. The molecule has 0 unspecified atom stereocenters. The third-order valence-corrected chi connectivity index (χ3v) is 4.47. The number of likely N-dealkylation sites (N-methyl/N-ethyl adjacent to an activating group) is 1. The second kappa shape index (κ2) is 7.03. The van der Waals surface area contributed by atoms with Gasteiger partial charge in [0.05, 0.1) is 11.4 Å². The molecule has 1 aliphatic rings. The summed E-state index contributed by atoms with van der Waals surface area (Å²) in [7, 11) is 3.52. The van der Waals surface area contributed by atoms with Gasteiger partial charge in [-0.3, -0.25) is 15.0 Å². The molecule has 0 radical (unpaired) electrons. The van der Waals surface area contributed by atoms with Crippen LogP contribution < -0.4 is 0 Å². The summed E-state index contributed by atoms with van der Waals surface area (Å²) in [5, 5.41) is 15.1. The van der Waals surface area contributed by atoms with E-state index in [1.807, 2.05) is 30.4 Å². The van der Waals surface area contributed by atoms with Crippen LogP contribution in [-0.4, -0.2) is 50.3 Å². The van der Waals surface area contributed by atoms with Crippen molar-refractivity contribution in [3.63, 3.8) is 0 Å². The molecule has 4 rings (SSSR count). The van der Waals surface area contributed by atoms with Crippen LogP contribution >= 0.6 is 0 Å². The number of amides is 1. The minimum Gasteiger partial charge on any atom is -0.345 e. The molecule has 0 saturated carbocycles. The lowest BCUT2D eigenvalue weighted by Gasteiger charge is -2.13. The molecule has 3 heterocycles. The third-order valence-electron chi connectivity index (χ3n) is 4.47. The number of fused-ring (bicyclic) bond motifs is 1. The lowest BCUT2D eigenvalue weighted by molar-refractivity contribution is -0.124. The zero-order chi connectivity index (χ0) is 18.8.